The van der Waals surface area contributed by atoms with E-state index >= 15 is 0 Å². The van der Waals surface area contributed by atoms with Crippen LogP contribution in [0.5, 0.6) is 0 Å². The Morgan fingerprint density at radius 2 is 2.12 bits per heavy atom. The van der Waals surface area contributed by atoms with Crippen molar-refractivity contribution in [2.45, 2.75) is 18.1 Å². The van der Waals surface area contributed by atoms with Crippen molar-refractivity contribution in [1.29, 1.82) is 0 Å². The zero-order valence-corrected chi connectivity index (χ0v) is 15.1. The number of furan rings is 1. The van der Waals surface area contributed by atoms with Crippen molar-refractivity contribution in [1.82, 2.24) is 9.62 Å². The van der Waals surface area contributed by atoms with Crippen molar-refractivity contribution < 1.29 is 22.0 Å². The molecule has 9 heteroatoms. The first-order valence-corrected chi connectivity index (χ1v) is 9.38. The Bertz CT molecular complexity index is 910. The highest BCUT2D eigenvalue weighted by atomic mass is 79.9. The molecule has 24 heavy (non-hydrogen) atoms. The molecule has 128 valence electrons. The molecule has 2 heterocycles. The maximum atomic E-state index is 14.0. The zero-order chi connectivity index (χ0) is 17.5. The van der Waals surface area contributed by atoms with Crippen LogP contribution >= 0.6 is 15.9 Å². The summed E-state index contributed by atoms with van der Waals surface area (Å²) in [5.41, 5.74) is 1.43. The molecule has 0 radical (unpaired) electrons. The number of carbonyl (C=O) groups is 1. The minimum absolute atomic E-state index is 0.114. The summed E-state index contributed by atoms with van der Waals surface area (Å²) in [6.45, 7) is 0.534. The number of benzene rings is 1. The molecular formula is C15H14BrFN2O4S. The summed E-state index contributed by atoms with van der Waals surface area (Å²) in [6, 6.07) is 4.17. The minimum atomic E-state index is -3.76. The predicted octanol–water partition coefficient (Wildman–Crippen LogP) is 2.29. The van der Waals surface area contributed by atoms with Gasteiger partial charge in [-0.15, -0.1) is 0 Å². The number of carbonyl (C=O) groups excluding carboxylic acids is 1. The lowest BCUT2D eigenvalue weighted by Crippen LogP contribution is -2.36. The molecule has 0 saturated heterocycles. The first-order valence-electron chi connectivity index (χ1n) is 7.10. The monoisotopic (exact) mass is 416 g/mol. The van der Waals surface area contributed by atoms with E-state index in [9.17, 15) is 17.6 Å². The second-order valence-electron chi connectivity index (χ2n) is 5.33. The third-order valence-corrected chi connectivity index (χ3v) is 5.96. The Kier molecular flexibility index (Phi) is 4.50. The number of hydrogen-bond donors (Lipinski definition) is 1. The van der Waals surface area contributed by atoms with E-state index in [2.05, 4.69) is 20.7 Å². The lowest BCUT2D eigenvalue weighted by molar-refractivity contribution is 0.0731. The van der Waals surface area contributed by atoms with Crippen molar-refractivity contribution in [2.75, 3.05) is 13.6 Å². The molecule has 0 atom stereocenters. The van der Waals surface area contributed by atoms with Gasteiger partial charge in [0, 0.05) is 29.2 Å². The molecule has 0 fully saturated rings. The number of hydrogen-bond acceptors (Lipinski definition) is 4. The Hall–Kier alpha value is -1.71. The molecule has 0 unspecified atom stereocenters. The van der Waals surface area contributed by atoms with E-state index in [0.717, 1.165) is 16.3 Å². The molecule has 2 aromatic rings. The van der Waals surface area contributed by atoms with Crippen LogP contribution in [0.4, 0.5) is 4.39 Å². The highest BCUT2D eigenvalue weighted by molar-refractivity contribution is 9.10. The SMILES string of the molecule is CNS(=O)(=O)c1cc(C(=O)N2CCc3c(Br)ccc(F)c3C2)co1. The van der Waals surface area contributed by atoms with Crippen LogP contribution in [-0.4, -0.2) is 32.8 Å². The van der Waals surface area contributed by atoms with Gasteiger partial charge in [-0.05, 0) is 31.2 Å². The first-order chi connectivity index (χ1) is 11.3. The second-order valence-corrected chi connectivity index (χ2v) is 8.00. The van der Waals surface area contributed by atoms with E-state index in [4.69, 9.17) is 4.42 Å². The zero-order valence-electron chi connectivity index (χ0n) is 12.7. The van der Waals surface area contributed by atoms with Crippen LogP contribution in [0.15, 0.2) is 38.4 Å². The quantitative estimate of drug-likeness (QED) is 0.832. The standard InChI is InChI=1S/C15H14BrFN2O4S/c1-18-24(21,22)14-6-9(8-23-14)15(20)19-5-4-10-11(7-19)13(17)3-2-12(10)16/h2-3,6,8,18H,4-5,7H2,1H3. The molecule has 1 aliphatic rings. The van der Waals surface area contributed by atoms with Crippen molar-refractivity contribution in [3.05, 3.63) is 51.4 Å². The van der Waals surface area contributed by atoms with Gasteiger partial charge in [0.15, 0.2) is 0 Å². The molecule has 0 saturated carbocycles. The van der Waals surface area contributed by atoms with E-state index in [-0.39, 0.29) is 23.0 Å². The van der Waals surface area contributed by atoms with E-state index in [1.165, 1.54) is 24.1 Å². The van der Waals surface area contributed by atoms with Gasteiger partial charge in [-0.3, -0.25) is 4.79 Å². The summed E-state index contributed by atoms with van der Waals surface area (Å²) >= 11 is 3.39. The van der Waals surface area contributed by atoms with Crippen LogP contribution in [0.1, 0.15) is 21.5 Å². The molecule has 0 bridgehead atoms. The summed E-state index contributed by atoms with van der Waals surface area (Å²) in [5, 5.41) is -0.334. The summed E-state index contributed by atoms with van der Waals surface area (Å²) in [4.78, 5) is 14.0. The van der Waals surface area contributed by atoms with Gasteiger partial charge in [0.2, 0.25) is 5.09 Å². The maximum absolute atomic E-state index is 14.0. The van der Waals surface area contributed by atoms with Crippen molar-refractivity contribution in [2.24, 2.45) is 0 Å². The molecule has 1 aromatic carbocycles. The minimum Gasteiger partial charge on any atom is -0.451 e. The van der Waals surface area contributed by atoms with E-state index < -0.39 is 15.9 Å². The molecule has 6 nitrogen and oxygen atoms in total. The Labute approximate surface area is 146 Å². The lowest BCUT2D eigenvalue weighted by Gasteiger charge is -2.29. The molecule has 0 spiro atoms. The smallest absolute Gasteiger partial charge is 0.273 e. The number of halogens is 2. The van der Waals surface area contributed by atoms with Crippen LogP contribution < -0.4 is 4.72 Å². The van der Waals surface area contributed by atoms with Gasteiger partial charge in [-0.25, -0.2) is 17.5 Å². The number of fused-ring (bicyclic) bond motifs is 1. The maximum Gasteiger partial charge on any atom is 0.273 e. The van der Waals surface area contributed by atoms with Gasteiger partial charge in [0.25, 0.3) is 15.9 Å². The molecule has 1 N–H and O–H groups in total. The first kappa shape index (κ1) is 17.1. The Morgan fingerprint density at radius 1 is 1.38 bits per heavy atom. The number of rotatable bonds is 3. The topological polar surface area (TPSA) is 79.6 Å². The summed E-state index contributed by atoms with van der Waals surface area (Å²) in [7, 11) is -2.50. The second kappa shape index (κ2) is 6.30. The molecular weight excluding hydrogens is 403 g/mol. The highest BCUT2D eigenvalue weighted by Crippen LogP contribution is 2.29. The largest absolute Gasteiger partial charge is 0.451 e. The molecule has 1 amide bonds. The molecule has 3 rings (SSSR count). The summed E-state index contributed by atoms with van der Waals surface area (Å²) < 4.78 is 45.3. The third kappa shape index (κ3) is 2.99. The van der Waals surface area contributed by atoms with Crippen molar-refractivity contribution in [3.8, 4) is 0 Å². The number of nitrogens with one attached hydrogen (secondary N) is 1. The van der Waals surface area contributed by atoms with Gasteiger partial charge < -0.3 is 9.32 Å². The Balaban J connectivity index is 1.86. The van der Waals surface area contributed by atoms with Gasteiger partial charge in [-0.2, -0.15) is 0 Å². The number of nitrogens with zero attached hydrogens (tertiary/aromatic N) is 1. The normalized spacial score (nSPS) is 14.5. The van der Waals surface area contributed by atoms with Gasteiger partial charge >= 0.3 is 0 Å². The number of amides is 1. The average Bonchev–Trinajstić information content (AvgIpc) is 3.08. The van der Waals surface area contributed by atoms with E-state index in [1.54, 1.807) is 6.07 Å². The summed E-state index contributed by atoms with van der Waals surface area (Å²) in [6.07, 6.45) is 1.61. The fourth-order valence-electron chi connectivity index (χ4n) is 2.62. The predicted molar refractivity (Wildman–Crippen MR) is 87.5 cm³/mol. The molecule has 1 aliphatic heterocycles. The average molecular weight is 417 g/mol. The van der Waals surface area contributed by atoms with E-state index in [0.29, 0.717) is 18.5 Å². The number of sulfonamides is 1. The fourth-order valence-corrected chi connectivity index (χ4v) is 3.85. The Morgan fingerprint density at radius 3 is 2.83 bits per heavy atom. The van der Waals surface area contributed by atoms with Crippen LogP contribution in [0.3, 0.4) is 0 Å². The van der Waals surface area contributed by atoms with Gasteiger partial charge in [-0.1, -0.05) is 15.9 Å². The van der Waals surface area contributed by atoms with Crippen LogP contribution in [0.25, 0.3) is 0 Å². The molecule has 0 aliphatic carbocycles. The van der Waals surface area contributed by atoms with Crippen molar-refractivity contribution >= 4 is 31.9 Å². The lowest BCUT2D eigenvalue weighted by atomic mass is 9.99. The van der Waals surface area contributed by atoms with Crippen LogP contribution in [0, 0.1) is 5.82 Å². The fraction of sp³-hybridized carbons (Fsp3) is 0.267. The van der Waals surface area contributed by atoms with Crippen molar-refractivity contribution in [3.63, 3.8) is 0 Å². The van der Waals surface area contributed by atoms with Gasteiger partial charge in [0.1, 0.15) is 12.1 Å². The third-order valence-electron chi connectivity index (χ3n) is 3.94. The van der Waals surface area contributed by atoms with Crippen LogP contribution in [0.2, 0.25) is 0 Å². The van der Waals surface area contributed by atoms with E-state index in [1.807, 2.05) is 0 Å². The van der Waals surface area contributed by atoms with Crippen LogP contribution in [-0.2, 0) is 23.0 Å². The van der Waals surface area contributed by atoms with Gasteiger partial charge in [0.05, 0.1) is 5.56 Å². The highest BCUT2D eigenvalue weighted by Gasteiger charge is 2.27. The molecule has 1 aromatic heterocycles. The summed E-state index contributed by atoms with van der Waals surface area (Å²) in [5.74, 6) is -0.766.